The topological polar surface area (TPSA) is 27.7 Å². The molecule has 1 aromatic carbocycles. The van der Waals surface area contributed by atoms with Crippen molar-refractivity contribution in [2.45, 2.75) is 31.9 Å². The molecule has 0 aliphatic carbocycles. The van der Waals surface area contributed by atoms with Gasteiger partial charge in [0.25, 0.3) is 0 Å². The SMILES string of the molecule is FC(F)(F)/C(Cl)=C/CCOCCCCCOc1c(Cl)cc(OCC=C(Cl)Cl)cc1Cl. The third kappa shape index (κ3) is 11.8. The van der Waals surface area contributed by atoms with Gasteiger partial charge in [0.05, 0.1) is 23.3 Å². The van der Waals surface area contributed by atoms with Gasteiger partial charge in [0.15, 0.2) is 5.75 Å². The Morgan fingerprint density at radius 2 is 1.50 bits per heavy atom. The summed E-state index contributed by atoms with van der Waals surface area (Å²) < 4.78 is 52.9. The smallest absolute Gasteiger partial charge is 0.426 e. The molecule has 0 heterocycles. The van der Waals surface area contributed by atoms with Gasteiger partial charge in [-0.25, -0.2) is 0 Å². The summed E-state index contributed by atoms with van der Waals surface area (Å²) in [7, 11) is 0. The summed E-state index contributed by atoms with van der Waals surface area (Å²) in [5, 5.41) is -0.503. The van der Waals surface area contributed by atoms with Crippen molar-refractivity contribution in [2.75, 3.05) is 26.4 Å². The predicted octanol–water partition coefficient (Wildman–Crippen LogP) is 8.33. The van der Waals surface area contributed by atoms with Crippen molar-refractivity contribution >= 4 is 58.0 Å². The molecule has 0 saturated heterocycles. The van der Waals surface area contributed by atoms with Crippen molar-refractivity contribution in [3.63, 3.8) is 0 Å². The van der Waals surface area contributed by atoms with E-state index < -0.39 is 11.2 Å². The Bertz CT molecular complexity index is 697. The van der Waals surface area contributed by atoms with Crippen LogP contribution in [0.3, 0.4) is 0 Å². The van der Waals surface area contributed by atoms with E-state index in [1.807, 2.05) is 0 Å². The molecule has 0 amide bonds. The number of hydrogen-bond acceptors (Lipinski definition) is 3. The molecule has 0 aliphatic heterocycles. The van der Waals surface area contributed by atoms with Gasteiger partial charge in [0.1, 0.15) is 21.9 Å². The quantitative estimate of drug-likeness (QED) is 0.240. The molecule has 30 heavy (non-hydrogen) atoms. The first-order valence-corrected chi connectivity index (χ1v) is 10.8. The summed E-state index contributed by atoms with van der Waals surface area (Å²) in [6, 6.07) is 3.15. The van der Waals surface area contributed by atoms with Crippen LogP contribution in [0.2, 0.25) is 10.0 Å². The first-order valence-electron chi connectivity index (χ1n) is 8.87. The van der Waals surface area contributed by atoms with Crippen molar-refractivity contribution in [1.29, 1.82) is 0 Å². The van der Waals surface area contributed by atoms with Crippen LogP contribution in [0.15, 0.2) is 33.8 Å². The van der Waals surface area contributed by atoms with Gasteiger partial charge in [-0.15, -0.1) is 0 Å². The normalized spacial score (nSPS) is 12.1. The van der Waals surface area contributed by atoms with Gasteiger partial charge in [0.2, 0.25) is 0 Å². The molecule has 3 nitrogen and oxygen atoms in total. The lowest BCUT2D eigenvalue weighted by molar-refractivity contribution is -0.0848. The van der Waals surface area contributed by atoms with E-state index in [2.05, 4.69) is 0 Å². The first kappa shape index (κ1) is 27.5. The maximum atomic E-state index is 12.2. The van der Waals surface area contributed by atoms with Gasteiger partial charge >= 0.3 is 6.18 Å². The third-order valence-electron chi connectivity index (χ3n) is 3.50. The number of benzene rings is 1. The van der Waals surface area contributed by atoms with Crippen LogP contribution in [0.5, 0.6) is 11.5 Å². The van der Waals surface area contributed by atoms with Crippen LogP contribution in [0.4, 0.5) is 13.2 Å². The van der Waals surface area contributed by atoms with E-state index in [0.29, 0.717) is 34.8 Å². The van der Waals surface area contributed by atoms with Gasteiger partial charge in [-0.1, -0.05) is 64.1 Å². The molecule has 0 saturated carbocycles. The van der Waals surface area contributed by atoms with Gasteiger partial charge in [-0.2, -0.15) is 13.2 Å². The summed E-state index contributed by atoms with van der Waals surface area (Å²) in [4.78, 5) is 0. The second-order valence-electron chi connectivity index (χ2n) is 5.88. The van der Waals surface area contributed by atoms with E-state index >= 15 is 0 Å². The number of halogens is 8. The molecule has 0 bridgehead atoms. The molecule has 1 rings (SSSR count). The number of hydrogen-bond donors (Lipinski definition) is 0. The minimum absolute atomic E-state index is 0.0974. The molecule has 1 aromatic rings. The molecule has 0 radical (unpaired) electrons. The fraction of sp³-hybridized carbons (Fsp3) is 0.474. The Morgan fingerprint density at radius 3 is 2.10 bits per heavy atom. The van der Waals surface area contributed by atoms with Crippen molar-refractivity contribution in [3.05, 3.63) is 43.9 Å². The minimum atomic E-state index is -4.50. The molecule has 0 atom stereocenters. The lowest BCUT2D eigenvalue weighted by Crippen LogP contribution is -2.07. The van der Waals surface area contributed by atoms with Crippen LogP contribution >= 0.6 is 58.0 Å². The Morgan fingerprint density at radius 1 is 0.867 bits per heavy atom. The van der Waals surface area contributed by atoms with E-state index in [-0.39, 0.29) is 24.1 Å². The molecule has 0 aromatic heterocycles. The number of allylic oxidation sites excluding steroid dienone is 1. The van der Waals surface area contributed by atoms with Crippen molar-refractivity contribution < 1.29 is 27.4 Å². The number of alkyl halides is 3. The highest BCUT2D eigenvalue weighted by Crippen LogP contribution is 2.37. The van der Waals surface area contributed by atoms with Crippen LogP contribution < -0.4 is 9.47 Å². The molecule has 11 heteroatoms. The maximum Gasteiger partial charge on any atom is 0.426 e. The van der Waals surface area contributed by atoms with Gasteiger partial charge in [-0.3, -0.25) is 0 Å². The van der Waals surface area contributed by atoms with Gasteiger partial charge in [-0.05, 0) is 31.8 Å². The summed E-state index contributed by atoms with van der Waals surface area (Å²) in [5.41, 5.74) is 0. The largest absolute Gasteiger partial charge is 0.490 e. The zero-order valence-electron chi connectivity index (χ0n) is 15.7. The fourth-order valence-corrected chi connectivity index (χ4v) is 2.91. The van der Waals surface area contributed by atoms with E-state index in [1.165, 1.54) is 6.08 Å². The average Bonchev–Trinajstić information content (AvgIpc) is 2.63. The molecular formula is C19H20Cl5F3O3. The van der Waals surface area contributed by atoms with Crippen LogP contribution in [0.25, 0.3) is 0 Å². The Balaban J connectivity index is 2.21. The molecule has 0 unspecified atom stereocenters. The number of unbranched alkanes of at least 4 members (excludes halogenated alkanes) is 2. The Kier molecular flexibility index (Phi) is 13.3. The highest BCUT2D eigenvalue weighted by molar-refractivity contribution is 6.55. The zero-order valence-corrected chi connectivity index (χ0v) is 19.5. The molecule has 0 fully saturated rings. The highest BCUT2D eigenvalue weighted by atomic mass is 35.5. The molecule has 170 valence electrons. The average molecular weight is 531 g/mol. The minimum Gasteiger partial charge on any atom is -0.490 e. The monoisotopic (exact) mass is 528 g/mol. The first-order chi connectivity index (χ1) is 14.1. The second-order valence-corrected chi connectivity index (χ2v) is 8.11. The molecule has 0 spiro atoms. The third-order valence-corrected chi connectivity index (χ3v) is 4.73. The lowest BCUT2D eigenvalue weighted by Gasteiger charge is -2.12. The summed E-state index contributed by atoms with van der Waals surface area (Å²) in [5.74, 6) is 0.813. The second kappa shape index (κ2) is 14.5. The molecule has 0 N–H and O–H groups in total. The van der Waals surface area contributed by atoms with E-state index in [4.69, 9.17) is 72.2 Å². The number of rotatable bonds is 13. The zero-order chi connectivity index (χ0) is 22.6. The number of ether oxygens (including phenoxy) is 3. The van der Waals surface area contributed by atoms with Crippen molar-refractivity contribution in [3.8, 4) is 11.5 Å². The van der Waals surface area contributed by atoms with Crippen LogP contribution in [-0.4, -0.2) is 32.6 Å². The molecule has 0 aliphatic rings. The van der Waals surface area contributed by atoms with Crippen LogP contribution in [0.1, 0.15) is 25.7 Å². The summed E-state index contributed by atoms with van der Waals surface area (Å²) >= 11 is 28.5. The van der Waals surface area contributed by atoms with E-state index in [1.54, 1.807) is 12.1 Å². The predicted molar refractivity (Wildman–Crippen MR) is 117 cm³/mol. The van der Waals surface area contributed by atoms with Crippen molar-refractivity contribution in [1.82, 2.24) is 0 Å². The summed E-state index contributed by atoms with van der Waals surface area (Å²) in [6.07, 6.45) is 0.263. The Labute approximate surface area is 198 Å². The van der Waals surface area contributed by atoms with Gasteiger partial charge < -0.3 is 14.2 Å². The van der Waals surface area contributed by atoms with Crippen molar-refractivity contribution in [2.24, 2.45) is 0 Å². The van der Waals surface area contributed by atoms with Crippen LogP contribution in [0, 0.1) is 0 Å². The molecular weight excluding hydrogens is 510 g/mol. The summed E-state index contributed by atoms with van der Waals surface area (Å²) in [6.45, 7) is 1.18. The fourth-order valence-electron chi connectivity index (χ4n) is 2.10. The van der Waals surface area contributed by atoms with E-state index in [9.17, 15) is 13.2 Å². The van der Waals surface area contributed by atoms with Crippen LogP contribution in [-0.2, 0) is 4.74 Å². The van der Waals surface area contributed by atoms with Gasteiger partial charge in [0, 0.05) is 18.7 Å². The highest BCUT2D eigenvalue weighted by Gasteiger charge is 2.31. The van der Waals surface area contributed by atoms with E-state index in [0.717, 1.165) is 25.3 Å². The Hall–Kier alpha value is -0.500. The maximum absolute atomic E-state index is 12.2. The lowest BCUT2D eigenvalue weighted by atomic mass is 10.2. The standard InChI is InChI=1S/C19H20Cl5F3O3/c20-14-11-13(29-10-6-17(23)24)12-15(21)18(14)30-9-3-1-2-7-28-8-4-5-16(22)19(25,26)27/h5-6,11-12H,1-4,7-10H2/b16-5-.